The molecular formula is C17H26N2O2. The average molecular weight is 290 g/mol. The lowest BCUT2D eigenvalue weighted by Crippen LogP contribution is -2.40. The summed E-state index contributed by atoms with van der Waals surface area (Å²) in [5.41, 5.74) is 1.20. The number of hydrogen-bond donors (Lipinski definition) is 2. The molecule has 1 aromatic rings. The average Bonchev–Trinajstić information content (AvgIpc) is 2.54. The molecule has 0 unspecified atom stereocenters. The van der Waals surface area contributed by atoms with Crippen molar-refractivity contribution in [2.24, 2.45) is 0 Å². The number of methoxy groups -OCH3 is 1. The van der Waals surface area contributed by atoms with E-state index in [1.54, 1.807) is 7.11 Å². The molecule has 2 rings (SSSR count). The van der Waals surface area contributed by atoms with Gasteiger partial charge in [-0.25, -0.2) is 0 Å². The summed E-state index contributed by atoms with van der Waals surface area (Å²) in [4.78, 5) is 11.8. The minimum absolute atomic E-state index is 0.0917. The summed E-state index contributed by atoms with van der Waals surface area (Å²) < 4.78 is 5.12. The third-order valence-corrected chi connectivity index (χ3v) is 4.05. The van der Waals surface area contributed by atoms with Gasteiger partial charge >= 0.3 is 0 Å². The second-order valence-corrected chi connectivity index (χ2v) is 5.66. The molecule has 1 amide bonds. The Morgan fingerprint density at radius 2 is 1.90 bits per heavy atom. The monoisotopic (exact) mass is 290 g/mol. The van der Waals surface area contributed by atoms with Crippen LogP contribution in [0.5, 0.6) is 5.75 Å². The number of nitrogens with one attached hydrogen (secondary N) is 2. The van der Waals surface area contributed by atoms with E-state index in [1.807, 2.05) is 24.3 Å². The third kappa shape index (κ3) is 5.76. The molecule has 1 aliphatic rings. The van der Waals surface area contributed by atoms with Gasteiger partial charge in [0.15, 0.2) is 0 Å². The van der Waals surface area contributed by atoms with Crippen LogP contribution in [0.4, 0.5) is 0 Å². The van der Waals surface area contributed by atoms with Crippen molar-refractivity contribution in [2.45, 2.75) is 44.6 Å². The van der Waals surface area contributed by atoms with Crippen LogP contribution in [0, 0.1) is 0 Å². The van der Waals surface area contributed by atoms with E-state index in [0.29, 0.717) is 19.1 Å². The van der Waals surface area contributed by atoms with Crippen LogP contribution in [-0.4, -0.2) is 32.1 Å². The minimum Gasteiger partial charge on any atom is -0.497 e. The van der Waals surface area contributed by atoms with Gasteiger partial charge in [-0.05, 0) is 37.0 Å². The van der Waals surface area contributed by atoms with E-state index in [9.17, 15) is 4.79 Å². The Bertz CT molecular complexity index is 425. The fraction of sp³-hybridized carbons (Fsp3) is 0.588. The topological polar surface area (TPSA) is 50.4 Å². The summed E-state index contributed by atoms with van der Waals surface area (Å²) >= 11 is 0. The molecule has 2 N–H and O–H groups in total. The number of hydrogen-bond acceptors (Lipinski definition) is 3. The fourth-order valence-corrected chi connectivity index (χ4v) is 2.74. The number of rotatable bonds is 7. The molecule has 116 valence electrons. The molecule has 21 heavy (non-hydrogen) atoms. The highest BCUT2D eigenvalue weighted by atomic mass is 16.5. The molecule has 1 fully saturated rings. The van der Waals surface area contributed by atoms with Crippen LogP contribution in [0.15, 0.2) is 24.3 Å². The Labute approximate surface area is 127 Å². The molecule has 0 aliphatic heterocycles. The maximum absolute atomic E-state index is 11.8. The van der Waals surface area contributed by atoms with Crippen LogP contribution in [0.3, 0.4) is 0 Å². The van der Waals surface area contributed by atoms with Gasteiger partial charge < -0.3 is 15.4 Å². The maximum atomic E-state index is 11.8. The molecule has 4 heteroatoms. The van der Waals surface area contributed by atoms with Gasteiger partial charge in [0.05, 0.1) is 13.7 Å². The Morgan fingerprint density at radius 3 is 2.57 bits per heavy atom. The van der Waals surface area contributed by atoms with Crippen molar-refractivity contribution in [1.29, 1.82) is 0 Å². The second-order valence-electron chi connectivity index (χ2n) is 5.66. The molecule has 0 saturated heterocycles. The number of benzene rings is 1. The largest absolute Gasteiger partial charge is 0.497 e. The van der Waals surface area contributed by atoms with Crippen LogP contribution in [0.25, 0.3) is 0 Å². The van der Waals surface area contributed by atoms with Gasteiger partial charge in [-0.1, -0.05) is 31.4 Å². The summed E-state index contributed by atoms with van der Waals surface area (Å²) in [6.07, 6.45) is 7.18. The van der Waals surface area contributed by atoms with Crippen LogP contribution >= 0.6 is 0 Å². The van der Waals surface area contributed by atoms with Crippen molar-refractivity contribution in [2.75, 3.05) is 20.2 Å². The normalized spacial score (nSPS) is 15.7. The first kappa shape index (κ1) is 15.8. The van der Waals surface area contributed by atoms with Crippen molar-refractivity contribution < 1.29 is 9.53 Å². The summed E-state index contributed by atoms with van der Waals surface area (Å²) in [7, 11) is 1.66. The number of carbonyl (C=O) groups is 1. The molecule has 0 bridgehead atoms. The van der Waals surface area contributed by atoms with Gasteiger partial charge in [0.25, 0.3) is 0 Å². The van der Waals surface area contributed by atoms with E-state index >= 15 is 0 Å². The Hall–Kier alpha value is -1.55. The minimum atomic E-state index is 0.0917. The molecule has 1 aromatic carbocycles. The Morgan fingerprint density at radius 1 is 1.19 bits per heavy atom. The first-order valence-electron chi connectivity index (χ1n) is 7.91. The fourth-order valence-electron chi connectivity index (χ4n) is 2.74. The second kappa shape index (κ2) is 8.67. The first-order chi connectivity index (χ1) is 10.3. The van der Waals surface area contributed by atoms with Gasteiger partial charge in [0, 0.05) is 12.6 Å². The highest BCUT2D eigenvalue weighted by molar-refractivity contribution is 5.78. The summed E-state index contributed by atoms with van der Waals surface area (Å²) in [5.74, 6) is 0.952. The highest BCUT2D eigenvalue weighted by Gasteiger charge is 2.13. The van der Waals surface area contributed by atoms with Gasteiger partial charge in [-0.3, -0.25) is 4.79 Å². The zero-order valence-electron chi connectivity index (χ0n) is 12.9. The van der Waals surface area contributed by atoms with E-state index < -0.39 is 0 Å². The molecule has 4 nitrogen and oxygen atoms in total. The van der Waals surface area contributed by atoms with E-state index in [1.165, 1.54) is 37.7 Å². The SMILES string of the molecule is COc1ccc(CCNC(=O)CNC2CCCCC2)cc1. The molecular weight excluding hydrogens is 264 g/mol. The molecule has 0 aromatic heterocycles. The van der Waals surface area contributed by atoms with Crippen molar-refractivity contribution in [3.8, 4) is 5.75 Å². The summed E-state index contributed by atoms with van der Waals surface area (Å²) in [6.45, 7) is 1.12. The maximum Gasteiger partial charge on any atom is 0.233 e. The first-order valence-corrected chi connectivity index (χ1v) is 7.91. The van der Waals surface area contributed by atoms with Crippen molar-refractivity contribution in [3.05, 3.63) is 29.8 Å². The molecule has 1 aliphatic carbocycles. The zero-order chi connectivity index (χ0) is 14.9. The smallest absolute Gasteiger partial charge is 0.233 e. The number of carbonyl (C=O) groups excluding carboxylic acids is 1. The molecule has 0 spiro atoms. The third-order valence-electron chi connectivity index (χ3n) is 4.05. The van der Waals surface area contributed by atoms with Crippen molar-refractivity contribution in [1.82, 2.24) is 10.6 Å². The quantitative estimate of drug-likeness (QED) is 0.810. The molecule has 0 heterocycles. The van der Waals surface area contributed by atoms with E-state index in [4.69, 9.17) is 4.74 Å². The van der Waals surface area contributed by atoms with E-state index in [2.05, 4.69) is 10.6 Å². The molecule has 0 radical (unpaired) electrons. The van der Waals surface area contributed by atoms with Crippen LogP contribution in [0.1, 0.15) is 37.7 Å². The predicted molar refractivity (Wildman–Crippen MR) is 84.6 cm³/mol. The number of amides is 1. The highest BCUT2D eigenvalue weighted by Crippen LogP contribution is 2.17. The summed E-state index contributed by atoms with van der Waals surface area (Å²) in [6, 6.07) is 8.49. The van der Waals surface area contributed by atoms with E-state index in [0.717, 1.165) is 12.2 Å². The van der Waals surface area contributed by atoms with Gasteiger partial charge in [0.2, 0.25) is 5.91 Å². The van der Waals surface area contributed by atoms with Gasteiger partial charge in [0.1, 0.15) is 5.75 Å². The Balaban J connectivity index is 1.59. The van der Waals surface area contributed by atoms with Crippen molar-refractivity contribution >= 4 is 5.91 Å². The lowest BCUT2D eigenvalue weighted by atomic mass is 9.95. The predicted octanol–water partition coefficient (Wildman–Crippen LogP) is 2.28. The Kier molecular flexibility index (Phi) is 6.54. The lowest BCUT2D eigenvalue weighted by molar-refractivity contribution is -0.120. The lowest BCUT2D eigenvalue weighted by Gasteiger charge is -2.22. The van der Waals surface area contributed by atoms with E-state index in [-0.39, 0.29) is 5.91 Å². The molecule has 1 saturated carbocycles. The summed E-state index contributed by atoms with van der Waals surface area (Å²) in [5, 5.41) is 6.32. The van der Waals surface area contributed by atoms with Crippen LogP contribution in [0.2, 0.25) is 0 Å². The van der Waals surface area contributed by atoms with Crippen LogP contribution < -0.4 is 15.4 Å². The van der Waals surface area contributed by atoms with Gasteiger partial charge in [-0.15, -0.1) is 0 Å². The zero-order valence-corrected chi connectivity index (χ0v) is 12.9. The number of ether oxygens (including phenoxy) is 1. The van der Waals surface area contributed by atoms with Crippen LogP contribution in [-0.2, 0) is 11.2 Å². The van der Waals surface area contributed by atoms with Gasteiger partial charge in [-0.2, -0.15) is 0 Å². The molecule has 0 atom stereocenters. The standard InChI is InChI=1S/C17H26N2O2/c1-21-16-9-7-14(8-10-16)11-12-18-17(20)13-19-15-5-3-2-4-6-15/h7-10,15,19H,2-6,11-13H2,1H3,(H,18,20). The van der Waals surface area contributed by atoms with Crippen molar-refractivity contribution in [3.63, 3.8) is 0 Å².